The zero-order valence-corrected chi connectivity index (χ0v) is 19.6. The van der Waals surface area contributed by atoms with Gasteiger partial charge in [0.25, 0.3) is 0 Å². The number of sulfonamides is 1. The van der Waals surface area contributed by atoms with Gasteiger partial charge in [-0.2, -0.15) is 17.5 Å². The Morgan fingerprint density at radius 1 is 1.09 bits per heavy atom. The summed E-state index contributed by atoms with van der Waals surface area (Å²) in [7, 11) is -4.08. The van der Waals surface area contributed by atoms with Gasteiger partial charge in [0.1, 0.15) is 0 Å². The van der Waals surface area contributed by atoms with Gasteiger partial charge in [-0.25, -0.2) is 8.42 Å². The predicted molar refractivity (Wildman–Crippen MR) is 120 cm³/mol. The van der Waals surface area contributed by atoms with Crippen LogP contribution < -0.4 is 0 Å². The predicted octanol–water partition coefficient (Wildman–Crippen LogP) is 4.93. The first-order valence-corrected chi connectivity index (χ1v) is 12.5. The second-order valence-corrected chi connectivity index (χ2v) is 10.4. The zero-order chi connectivity index (χ0) is 24.2. The Balaban J connectivity index is 1.70. The number of amides is 1. The number of alkyl halides is 3. The molecule has 2 aromatic carbocycles. The number of rotatable bonds is 7. The van der Waals surface area contributed by atoms with Crippen LogP contribution in [0.1, 0.15) is 44.2 Å². The molecule has 33 heavy (non-hydrogen) atoms. The van der Waals surface area contributed by atoms with Crippen LogP contribution in [-0.2, 0) is 27.5 Å². The first kappa shape index (κ1) is 25.2. The van der Waals surface area contributed by atoms with Crippen LogP contribution in [0.2, 0.25) is 0 Å². The minimum Gasteiger partial charge on any atom is -0.335 e. The number of piperidine rings is 1. The van der Waals surface area contributed by atoms with Crippen LogP contribution in [-0.4, -0.2) is 42.7 Å². The Morgan fingerprint density at radius 3 is 2.30 bits per heavy atom. The Labute approximate surface area is 193 Å². The standard InChI is InChI=1S/C24H29F3N2O3S/c1-3-18(2)29(17-19-8-5-4-6-9-19)23(30)20-12-14-28(15-13-20)33(31,32)22-11-7-10-21(16-22)24(25,26)27/h4-11,16,18,20H,3,12-15,17H2,1-2H3. The van der Waals surface area contributed by atoms with Crippen molar-refractivity contribution in [3.63, 3.8) is 0 Å². The van der Waals surface area contributed by atoms with Crippen molar-refractivity contribution in [1.82, 2.24) is 9.21 Å². The van der Waals surface area contributed by atoms with Gasteiger partial charge in [0.05, 0.1) is 10.5 Å². The van der Waals surface area contributed by atoms with E-state index in [9.17, 15) is 26.4 Å². The summed E-state index contributed by atoms with van der Waals surface area (Å²) < 4.78 is 66.1. The molecule has 2 aromatic rings. The fourth-order valence-corrected chi connectivity index (χ4v) is 5.53. The molecule has 0 bridgehead atoms. The molecule has 0 radical (unpaired) electrons. The molecule has 0 saturated carbocycles. The van der Waals surface area contributed by atoms with Gasteiger partial charge >= 0.3 is 6.18 Å². The van der Waals surface area contributed by atoms with E-state index in [0.29, 0.717) is 25.5 Å². The average Bonchev–Trinajstić information content (AvgIpc) is 2.82. The number of benzene rings is 2. The summed E-state index contributed by atoms with van der Waals surface area (Å²) in [5.74, 6) is -0.333. The molecule has 5 nitrogen and oxygen atoms in total. The fourth-order valence-electron chi connectivity index (χ4n) is 4.01. The summed E-state index contributed by atoms with van der Waals surface area (Å²) in [6.07, 6.45) is -3.16. The molecule has 0 aromatic heterocycles. The lowest BCUT2D eigenvalue weighted by atomic mass is 9.95. The third-order valence-electron chi connectivity index (χ3n) is 6.20. The average molecular weight is 483 g/mol. The topological polar surface area (TPSA) is 57.7 Å². The number of hydrogen-bond donors (Lipinski definition) is 0. The van der Waals surface area contributed by atoms with Crippen LogP contribution in [0, 0.1) is 5.92 Å². The summed E-state index contributed by atoms with van der Waals surface area (Å²) in [6, 6.07) is 13.5. The smallest absolute Gasteiger partial charge is 0.335 e. The molecule has 3 rings (SSSR count). The van der Waals surface area contributed by atoms with Gasteiger partial charge in [-0.05, 0) is 49.9 Å². The summed E-state index contributed by atoms with van der Waals surface area (Å²) >= 11 is 0. The molecule has 1 atom stereocenters. The van der Waals surface area contributed by atoms with Gasteiger partial charge in [-0.15, -0.1) is 0 Å². The Hall–Kier alpha value is -2.39. The van der Waals surface area contributed by atoms with E-state index < -0.39 is 21.8 Å². The van der Waals surface area contributed by atoms with E-state index in [1.54, 1.807) is 0 Å². The maximum absolute atomic E-state index is 13.3. The summed E-state index contributed by atoms with van der Waals surface area (Å²) in [6.45, 7) is 4.68. The third-order valence-corrected chi connectivity index (χ3v) is 8.10. The van der Waals surface area contributed by atoms with Crippen LogP contribution in [0.25, 0.3) is 0 Å². The molecule has 1 saturated heterocycles. The molecule has 1 heterocycles. The number of carbonyl (C=O) groups excluding carboxylic acids is 1. The molecule has 0 aliphatic carbocycles. The normalized spacial score (nSPS) is 17.0. The van der Waals surface area contributed by atoms with E-state index in [0.717, 1.165) is 24.1 Å². The second-order valence-electron chi connectivity index (χ2n) is 8.41. The van der Waals surface area contributed by atoms with Crippen molar-refractivity contribution in [2.24, 2.45) is 5.92 Å². The minimum atomic E-state index is -4.62. The highest BCUT2D eigenvalue weighted by molar-refractivity contribution is 7.89. The van der Waals surface area contributed by atoms with Crippen molar-refractivity contribution in [2.45, 2.75) is 56.8 Å². The summed E-state index contributed by atoms with van der Waals surface area (Å²) in [4.78, 5) is 14.8. The van der Waals surface area contributed by atoms with Gasteiger partial charge in [-0.1, -0.05) is 43.3 Å². The van der Waals surface area contributed by atoms with Crippen molar-refractivity contribution in [3.8, 4) is 0 Å². The number of hydrogen-bond acceptors (Lipinski definition) is 3. The van der Waals surface area contributed by atoms with E-state index >= 15 is 0 Å². The highest BCUT2D eigenvalue weighted by Crippen LogP contribution is 2.32. The molecular formula is C24H29F3N2O3S. The van der Waals surface area contributed by atoms with Crippen LogP contribution in [0.4, 0.5) is 13.2 Å². The van der Waals surface area contributed by atoms with E-state index in [1.165, 1.54) is 10.4 Å². The SMILES string of the molecule is CCC(C)N(Cc1ccccc1)C(=O)C1CCN(S(=O)(=O)c2cccc(C(F)(F)F)c2)CC1. The van der Waals surface area contributed by atoms with Crippen LogP contribution in [0.3, 0.4) is 0 Å². The first-order valence-electron chi connectivity index (χ1n) is 11.1. The first-order chi connectivity index (χ1) is 15.5. The van der Waals surface area contributed by atoms with Crippen molar-refractivity contribution in [1.29, 1.82) is 0 Å². The minimum absolute atomic E-state index is 0.00989. The fraction of sp³-hybridized carbons (Fsp3) is 0.458. The lowest BCUT2D eigenvalue weighted by molar-refractivity contribution is -0.140. The highest BCUT2D eigenvalue weighted by atomic mass is 32.2. The molecule has 1 aliphatic rings. The van der Waals surface area contributed by atoms with Crippen molar-refractivity contribution < 1.29 is 26.4 Å². The molecule has 0 N–H and O–H groups in total. The van der Waals surface area contributed by atoms with Gasteiger partial charge in [0.2, 0.25) is 15.9 Å². The quantitative estimate of drug-likeness (QED) is 0.562. The molecule has 1 aliphatic heterocycles. The molecule has 1 unspecified atom stereocenters. The lowest BCUT2D eigenvalue weighted by Gasteiger charge is -2.36. The Bertz CT molecular complexity index is 1050. The van der Waals surface area contributed by atoms with Gasteiger partial charge < -0.3 is 4.90 Å². The summed E-state index contributed by atoms with van der Waals surface area (Å²) in [5.41, 5.74) is 0.0226. The largest absolute Gasteiger partial charge is 0.416 e. The molecular weight excluding hydrogens is 453 g/mol. The molecule has 0 spiro atoms. The molecule has 9 heteroatoms. The number of carbonyl (C=O) groups is 1. The van der Waals surface area contributed by atoms with Gasteiger partial charge in [0, 0.05) is 31.6 Å². The monoisotopic (exact) mass is 482 g/mol. The van der Waals surface area contributed by atoms with E-state index in [4.69, 9.17) is 0 Å². The third kappa shape index (κ3) is 5.95. The van der Waals surface area contributed by atoms with E-state index in [1.807, 2.05) is 49.1 Å². The second kappa shape index (κ2) is 10.3. The van der Waals surface area contributed by atoms with E-state index in [-0.39, 0.29) is 35.9 Å². The highest BCUT2D eigenvalue weighted by Gasteiger charge is 2.36. The van der Waals surface area contributed by atoms with E-state index in [2.05, 4.69) is 0 Å². The van der Waals surface area contributed by atoms with Crippen molar-refractivity contribution in [3.05, 3.63) is 65.7 Å². The lowest BCUT2D eigenvalue weighted by Crippen LogP contribution is -2.46. The van der Waals surface area contributed by atoms with Crippen LogP contribution in [0.15, 0.2) is 59.5 Å². The van der Waals surface area contributed by atoms with Crippen molar-refractivity contribution in [2.75, 3.05) is 13.1 Å². The molecule has 180 valence electrons. The maximum atomic E-state index is 13.3. The van der Waals surface area contributed by atoms with Gasteiger partial charge in [-0.3, -0.25) is 4.79 Å². The zero-order valence-electron chi connectivity index (χ0n) is 18.8. The maximum Gasteiger partial charge on any atom is 0.416 e. The number of halogens is 3. The Morgan fingerprint density at radius 2 is 1.73 bits per heavy atom. The summed E-state index contributed by atoms with van der Waals surface area (Å²) in [5, 5.41) is 0. The van der Waals surface area contributed by atoms with Gasteiger partial charge in [0.15, 0.2) is 0 Å². The molecule has 1 fully saturated rings. The van der Waals surface area contributed by atoms with Crippen LogP contribution in [0.5, 0.6) is 0 Å². The van der Waals surface area contributed by atoms with Crippen LogP contribution >= 0.6 is 0 Å². The van der Waals surface area contributed by atoms with Crippen molar-refractivity contribution >= 4 is 15.9 Å². The molecule has 1 amide bonds. The number of nitrogens with zero attached hydrogens (tertiary/aromatic N) is 2. The Kier molecular flexibility index (Phi) is 7.84.